The van der Waals surface area contributed by atoms with Crippen molar-refractivity contribution in [2.45, 2.75) is 32.3 Å². The molecule has 156 valence electrons. The van der Waals surface area contributed by atoms with Crippen LogP contribution in [0.1, 0.15) is 32.3 Å². The minimum Gasteiger partial charge on any atom is -0.377 e. The van der Waals surface area contributed by atoms with Gasteiger partial charge in [0.1, 0.15) is 17.7 Å². The maximum atomic E-state index is 10.7. The molecule has 5 rings (SSSR count). The molecule has 0 spiro atoms. The van der Waals surface area contributed by atoms with E-state index >= 15 is 0 Å². The van der Waals surface area contributed by atoms with Crippen molar-refractivity contribution < 1.29 is 5.11 Å². The van der Waals surface area contributed by atoms with Crippen LogP contribution in [0.15, 0.2) is 48.8 Å². The molecule has 2 heterocycles. The summed E-state index contributed by atoms with van der Waals surface area (Å²) in [6.07, 6.45) is 3.64. The minimum atomic E-state index is -0.995. The fourth-order valence-corrected chi connectivity index (χ4v) is 3.88. The maximum Gasteiger partial charge on any atom is 0.257 e. The molecule has 2 aromatic heterocycles. The van der Waals surface area contributed by atoms with Crippen LogP contribution in [-0.4, -0.2) is 37.3 Å². The number of aromatic nitrogens is 4. The molecular formula is C24H22ClN5O. The number of fused-ring (bicyclic) bond motifs is 3. The molecule has 6 nitrogen and oxygen atoms in total. The lowest BCUT2D eigenvalue weighted by atomic mass is 9.88. The van der Waals surface area contributed by atoms with Gasteiger partial charge in [-0.3, -0.25) is 4.40 Å². The monoisotopic (exact) mass is 431 g/mol. The van der Waals surface area contributed by atoms with Crippen LogP contribution in [0.25, 0.3) is 16.7 Å². The van der Waals surface area contributed by atoms with Gasteiger partial charge in [-0.05, 0) is 56.2 Å². The van der Waals surface area contributed by atoms with Gasteiger partial charge in [0, 0.05) is 34.1 Å². The van der Waals surface area contributed by atoms with E-state index in [9.17, 15) is 5.11 Å². The Hall–Kier alpha value is -3.14. The van der Waals surface area contributed by atoms with Crippen molar-refractivity contribution in [3.8, 4) is 11.8 Å². The molecule has 2 aromatic carbocycles. The SMILES string of the molecule is CN(c1cccc(C#CC(C)(O)C2(C)CC2)c1)c1nc2nncn2c2cc(Cl)ccc12. The van der Waals surface area contributed by atoms with E-state index in [4.69, 9.17) is 16.6 Å². The smallest absolute Gasteiger partial charge is 0.257 e. The average molecular weight is 432 g/mol. The summed E-state index contributed by atoms with van der Waals surface area (Å²) in [6.45, 7) is 3.88. The number of anilines is 2. The first-order chi connectivity index (χ1) is 14.8. The minimum absolute atomic E-state index is 0.105. The third-order valence-electron chi connectivity index (χ3n) is 6.37. The van der Waals surface area contributed by atoms with Crippen molar-refractivity contribution in [2.75, 3.05) is 11.9 Å². The van der Waals surface area contributed by atoms with Crippen molar-refractivity contribution in [1.82, 2.24) is 19.6 Å². The zero-order valence-corrected chi connectivity index (χ0v) is 18.4. The van der Waals surface area contributed by atoms with Crippen LogP contribution in [0.2, 0.25) is 5.02 Å². The summed E-state index contributed by atoms with van der Waals surface area (Å²) in [4.78, 5) is 6.72. The van der Waals surface area contributed by atoms with Crippen LogP contribution < -0.4 is 4.90 Å². The van der Waals surface area contributed by atoms with Crippen LogP contribution in [-0.2, 0) is 0 Å². The summed E-state index contributed by atoms with van der Waals surface area (Å²) in [5.41, 5.74) is 1.55. The fourth-order valence-electron chi connectivity index (χ4n) is 3.71. The lowest BCUT2D eigenvalue weighted by molar-refractivity contribution is 0.0503. The number of aliphatic hydroxyl groups is 1. The van der Waals surface area contributed by atoms with E-state index in [0.717, 1.165) is 40.8 Å². The highest BCUT2D eigenvalue weighted by Crippen LogP contribution is 2.53. The zero-order valence-electron chi connectivity index (χ0n) is 17.6. The second-order valence-electron chi connectivity index (χ2n) is 8.59. The second kappa shape index (κ2) is 6.94. The molecule has 1 N–H and O–H groups in total. The molecule has 0 radical (unpaired) electrons. The van der Waals surface area contributed by atoms with Crippen LogP contribution >= 0.6 is 11.6 Å². The van der Waals surface area contributed by atoms with Crippen molar-refractivity contribution in [3.63, 3.8) is 0 Å². The Balaban J connectivity index is 1.56. The van der Waals surface area contributed by atoms with Crippen LogP contribution in [0.5, 0.6) is 0 Å². The lowest BCUT2D eigenvalue weighted by Crippen LogP contribution is -2.32. The lowest BCUT2D eigenvalue weighted by Gasteiger charge is -2.24. The predicted molar refractivity (Wildman–Crippen MR) is 123 cm³/mol. The van der Waals surface area contributed by atoms with Crippen LogP contribution in [0.3, 0.4) is 0 Å². The van der Waals surface area contributed by atoms with Gasteiger partial charge in [-0.2, -0.15) is 4.98 Å². The standard InChI is InChI=1S/C24H22ClN5O/c1-23(11-12-23)24(2,31)10-9-16-5-4-6-18(13-16)29(3)21-19-8-7-17(25)14-20(19)30-15-26-28-22(30)27-21/h4-8,13-15,31H,11-12H2,1-3H3. The summed E-state index contributed by atoms with van der Waals surface area (Å²) in [5.74, 6) is 7.48. The van der Waals surface area contributed by atoms with Gasteiger partial charge < -0.3 is 10.0 Å². The number of rotatable bonds is 3. The van der Waals surface area contributed by atoms with Gasteiger partial charge in [-0.1, -0.05) is 36.4 Å². The van der Waals surface area contributed by atoms with E-state index < -0.39 is 5.60 Å². The largest absolute Gasteiger partial charge is 0.377 e. The summed E-state index contributed by atoms with van der Waals surface area (Å²) >= 11 is 6.24. The van der Waals surface area contributed by atoms with Gasteiger partial charge in [0.2, 0.25) is 0 Å². The molecule has 0 amide bonds. The number of benzene rings is 2. The fraction of sp³-hybridized carbons (Fsp3) is 0.292. The van der Waals surface area contributed by atoms with Gasteiger partial charge in [0.05, 0.1) is 5.52 Å². The molecule has 1 atom stereocenters. The highest BCUT2D eigenvalue weighted by molar-refractivity contribution is 6.31. The predicted octanol–water partition coefficient (Wildman–Crippen LogP) is 4.60. The molecular weight excluding hydrogens is 410 g/mol. The summed E-state index contributed by atoms with van der Waals surface area (Å²) < 4.78 is 1.82. The molecule has 0 bridgehead atoms. The van der Waals surface area contributed by atoms with Crippen molar-refractivity contribution >= 4 is 39.8 Å². The van der Waals surface area contributed by atoms with E-state index in [-0.39, 0.29) is 5.41 Å². The van der Waals surface area contributed by atoms with Crippen LogP contribution in [0.4, 0.5) is 11.5 Å². The Morgan fingerprint density at radius 2 is 2.03 bits per heavy atom. The van der Waals surface area contributed by atoms with Gasteiger partial charge in [0.15, 0.2) is 0 Å². The highest BCUT2D eigenvalue weighted by Gasteiger charge is 2.51. The summed E-state index contributed by atoms with van der Waals surface area (Å²) in [7, 11) is 1.96. The topological polar surface area (TPSA) is 66.5 Å². The van der Waals surface area contributed by atoms with Crippen molar-refractivity contribution in [2.24, 2.45) is 5.41 Å². The van der Waals surface area contributed by atoms with E-state index in [2.05, 4.69) is 29.0 Å². The molecule has 1 unspecified atom stereocenters. The van der Waals surface area contributed by atoms with Gasteiger partial charge in [-0.25, -0.2) is 0 Å². The molecule has 0 aliphatic heterocycles. The number of halogens is 1. The molecule has 1 saturated carbocycles. The number of nitrogens with zero attached hydrogens (tertiary/aromatic N) is 5. The number of hydrogen-bond donors (Lipinski definition) is 1. The third kappa shape index (κ3) is 3.40. The van der Waals surface area contributed by atoms with Gasteiger partial charge >= 0.3 is 0 Å². The van der Waals surface area contributed by atoms with E-state index in [0.29, 0.717) is 10.8 Å². The number of hydrogen-bond acceptors (Lipinski definition) is 5. The first-order valence-corrected chi connectivity index (χ1v) is 10.5. The van der Waals surface area contributed by atoms with Crippen molar-refractivity contribution in [1.29, 1.82) is 0 Å². The molecule has 0 saturated heterocycles. The Bertz CT molecular complexity index is 1380. The molecule has 1 fully saturated rings. The Morgan fingerprint density at radius 1 is 1.23 bits per heavy atom. The van der Waals surface area contributed by atoms with Crippen molar-refractivity contribution in [3.05, 3.63) is 59.4 Å². The molecule has 4 aromatic rings. The third-order valence-corrected chi connectivity index (χ3v) is 6.61. The Kier molecular flexibility index (Phi) is 4.44. The summed E-state index contributed by atoms with van der Waals surface area (Å²) in [6, 6.07) is 13.6. The average Bonchev–Trinajstić information content (AvgIpc) is 3.34. The van der Waals surface area contributed by atoms with E-state index in [1.807, 2.05) is 58.8 Å². The second-order valence-corrected chi connectivity index (χ2v) is 9.03. The molecule has 1 aliphatic carbocycles. The normalized spacial score (nSPS) is 16.5. The van der Waals surface area contributed by atoms with Gasteiger partial charge in [-0.15, -0.1) is 10.2 Å². The molecule has 7 heteroatoms. The molecule has 31 heavy (non-hydrogen) atoms. The first kappa shape index (κ1) is 19.8. The van der Waals surface area contributed by atoms with E-state index in [1.54, 1.807) is 13.3 Å². The van der Waals surface area contributed by atoms with E-state index in [1.165, 1.54) is 0 Å². The quantitative estimate of drug-likeness (QED) is 0.480. The molecule has 1 aliphatic rings. The summed E-state index contributed by atoms with van der Waals surface area (Å²) in [5, 5.41) is 20.4. The highest BCUT2D eigenvalue weighted by atomic mass is 35.5. The zero-order chi connectivity index (χ0) is 21.8. The Labute approximate surface area is 185 Å². The Morgan fingerprint density at radius 3 is 2.81 bits per heavy atom. The van der Waals surface area contributed by atoms with Crippen LogP contribution in [0, 0.1) is 17.3 Å². The first-order valence-electron chi connectivity index (χ1n) is 10.2. The maximum absolute atomic E-state index is 10.7. The van der Waals surface area contributed by atoms with Gasteiger partial charge in [0.25, 0.3) is 5.78 Å².